The Kier molecular flexibility index (Phi) is 3.79. The molecule has 0 saturated carbocycles. The number of hydrogen-bond acceptors (Lipinski definition) is 7. The zero-order valence-electron chi connectivity index (χ0n) is 10.8. The van der Waals surface area contributed by atoms with E-state index in [-0.39, 0.29) is 28.3 Å². The number of hydrogen-bond donors (Lipinski definition) is 1. The highest BCUT2D eigenvalue weighted by atomic mass is 32.1. The maximum absolute atomic E-state index is 12.0. The first-order chi connectivity index (χ1) is 9.49. The number of H-pyrrole nitrogens is 1. The van der Waals surface area contributed by atoms with Crippen LogP contribution in [0.2, 0.25) is 0 Å². The molecule has 0 atom stereocenters. The number of aromatic nitrogens is 2. The van der Waals surface area contributed by atoms with Crippen LogP contribution in [0, 0.1) is 10.1 Å². The van der Waals surface area contributed by atoms with Crippen molar-refractivity contribution in [2.75, 3.05) is 6.61 Å². The van der Waals surface area contributed by atoms with E-state index in [2.05, 4.69) is 9.97 Å². The number of nitrogens with zero attached hydrogens (tertiary/aromatic N) is 2. The minimum Gasteiger partial charge on any atom is -0.460 e. The van der Waals surface area contributed by atoms with Crippen LogP contribution in [0.3, 0.4) is 0 Å². The van der Waals surface area contributed by atoms with E-state index in [1.54, 1.807) is 13.8 Å². The van der Waals surface area contributed by atoms with E-state index in [0.29, 0.717) is 11.3 Å². The summed E-state index contributed by atoms with van der Waals surface area (Å²) in [6.45, 7) is 3.52. The van der Waals surface area contributed by atoms with Gasteiger partial charge in [-0.15, -0.1) is 11.3 Å². The van der Waals surface area contributed by atoms with Gasteiger partial charge >= 0.3 is 5.97 Å². The van der Waals surface area contributed by atoms with Gasteiger partial charge in [-0.05, 0) is 13.3 Å². The van der Waals surface area contributed by atoms with Crippen LogP contribution in [0.4, 0.5) is 5.69 Å². The van der Waals surface area contributed by atoms with Crippen LogP contribution in [0.25, 0.3) is 10.2 Å². The SMILES string of the molecule is CCOC(=O)c1nc2sc(CC)c([N+](=O)[O-])c2c(=O)[nH]1. The second-order valence-electron chi connectivity index (χ2n) is 3.80. The van der Waals surface area contributed by atoms with Crippen molar-refractivity contribution in [1.82, 2.24) is 9.97 Å². The molecule has 0 bridgehead atoms. The third-order valence-corrected chi connectivity index (χ3v) is 3.80. The van der Waals surface area contributed by atoms with Gasteiger partial charge in [-0.1, -0.05) is 6.92 Å². The van der Waals surface area contributed by atoms with Crippen LogP contribution in [-0.4, -0.2) is 27.5 Å². The molecule has 8 nitrogen and oxygen atoms in total. The van der Waals surface area contributed by atoms with Gasteiger partial charge in [0.25, 0.3) is 11.2 Å². The molecule has 2 aromatic rings. The summed E-state index contributed by atoms with van der Waals surface area (Å²) in [6, 6.07) is 0. The molecular weight excluding hydrogens is 286 g/mol. The third-order valence-electron chi connectivity index (χ3n) is 2.58. The van der Waals surface area contributed by atoms with E-state index in [9.17, 15) is 19.7 Å². The highest BCUT2D eigenvalue weighted by Crippen LogP contribution is 2.34. The first-order valence-corrected chi connectivity index (χ1v) is 6.68. The molecule has 0 unspecified atom stereocenters. The van der Waals surface area contributed by atoms with E-state index in [4.69, 9.17) is 4.74 Å². The molecule has 2 rings (SSSR count). The van der Waals surface area contributed by atoms with Crippen LogP contribution in [-0.2, 0) is 11.2 Å². The van der Waals surface area contributed by atoms with Gasteiger partial charge in [0.05, 0.1) is 16.4 Å². The normalized spacial score (nSPS) is 10.7. The molecule has 0 radical (unpaired) electrons. The monoisotopic (exact) mass is 297 g/mol. The molecule has 0 fully saturated rings. The minimum atomic E-state index is -0.763. The number of rotatable bonds is 4. The zero-order valence-corrected chi connectivity index (χ0v) is 11.6. The lowest BCUT2D eigenvalue weighted by Gasteiger charge is -1.99. The quantitative estimate of drug-likeness (QED) is 0.521. The lowest BCUT2D eigenvalue weighted by Crippen LogP contribution is -2.17. The van der Waals surface area contributed by atoms with Gasteiger partial charge in [0, 0.05) is 0 Å². The number of aromatic amines is 1. The Morgan fingerprint density at radius 1 is 1.50 bits per heavy atom. The third kappa shape index (κ3) is 2.27. The maximum Gasteiger partial charge on any atom is 0.374 e. The number of nitro groups is 1. The highest BCUT2D eigenvalue weighted by molar-refractivity contribution is 7.19. The molecule has 0 aliphatic heterocycles. The molecule has 0 saturated heterocycles. The topological polar surface area (TPSA) is 115 Å². The van der Waals surface area contributed by atoms with E-state index >= 15 is 0 Å². The summed E-state index contributed by atoms with van der Waals surface area (Å²) in [7, 11) is 0. The molecule has 0 aliphatic rings. The number of nitrogens with one attached hydrogen (secondary N) is 1. The van der Waals surface area contributed by atoms with Gasteiger partial charge in [-0.2, -0.15) is 0 Å². The fourth-order valence-electron chi connectivity index (χ4n) is 1.77. The Morgan fingerprint density at radius 3 is 2.75 bits per heavy atom. The van der Waals surface area contributed by atoms with E-state index in [1.807, 2.05) is 0 Å². The first-order valence-electron chi connectivity index (χ1n) is 5.86. The molecule has 1 N–H and O–H groups in total. The lowest BCUT2D eigenvalue weighted by atomic mass is 10.2. The fraction of sp³-hybridized carbons (Fsp3) is 0.364. The number of fused-ring (bicyclic) bond motifs is 1. The van der Waals surface area contributed by atoms with Crippen molar-refractivity contribution < 1.29 is 14.5 Å². The lowest BCUT2D eigenvalue weighted by molar-refractivity contribution is -0.383. The number of thiophene rings is 1. The Morgan fingerprint density at radius 2 is 2.20 bits per heavy atom. The van der Waals surface area contributed by atoms with Gasteiger partial charge < -0.3 is 9.72 Å². The van der Waals surface area contributed by atoms with Crippen molar-refractivity contribution in [1.29, 1.82) is 0 Å². The van der Waals surface area contributed by atoms with Gasteiger partial charge in [-0.25, -0.2) is 9.78 Å². The molecule has 2 heterocycles. The van der Waals surface area contributed by atoms with Crippen LogP contribution < -0.4 is 5.56 Å². The second-order valence-corrected chi connectivity index (χ2v) is 4.88. The van der Waals surface area contributed by atoms with Crippen LogP contribution >= 0.6 is 11.3 Å². The summed E-state index contributed by atoms with van der Waals surface area (Å²) >= 11 is 1.04. The summed E-state index contributed by atoms with van der Waals surface area (Å²) in [5.74, 6) is -1.01. The summed E-state index contributed by atoms with van der Waals surface area (Å²) in [6.07, 6.45) is 0.408. The van der Waals surface area contributed by atoms with Crippen molar-refractivity contribution in [3.05, 3.63) is 31.2 Å². The first kappa shape index (κ1) is 14.1. The smallest absolute Gasteiger partial charge is 0.374 e. The second kappa shape index (κ2) is 5.37. The number of ether oxygens (including phenoxy) is 1. The van der Waals surface area contributed by atoms with Crippen molar-refractivity contribution >= 4 is 33.2 Å². The predicted molar refractivity (Wildman–Crippen MR) is 72.2 cm³/mol. The van der Waals surface area contributed by atoms with Gasteiger partial charge in [0.2, 0.25) is 5.82 Å². The summed E-state index contributed by atoms with van der Waals surface area (Å²) in [5, 5.41) is 11.0. The van der Waals surface area contributed by atoms with E-state index in [0.717, 1.165) is 11.3 Å². The van der Waals surface area contributed by atoms with Gasteiger partial charge in [-0.3, -0.25) is 14.9 Å². The summed E-state index contributed by atoms with van der Waals surface area (Å²) in [5.41, 5.74) is -0.947. The van der Waals surface area contributed by atoms with Crippen molar-refractivity contribution in [2.24, 2.45) is 0 Å². The standard InChI is InChI=1S/C11H11N3O5S/c1-3-5-7(14(17)18)6-9(15)12-8(11(16)19-4-2)13-10(6)20-5/h3-4H2,1-2H3,(H,12,13,15). The molecule has 106 valence electrons. The molecule has 9 heteroatoms. The molecule has 0 aromatic carbocycles. The van der Waals surface area contributed by atoms with Crippen LogP contribution in [0.5, 0.6) is 0 Å². The summed E-state index contributed by atoms with van der Waals surface area (Å²) in [4.78, 5) is 40.8. The number of carbonyl (C=O) groups is 1. The number of carbonyl (C=O) groups excluding carboxylic acids is 1. The van der Waals surface area contributed by atoms with Crippen molar-refractivity contribution in [2.45, 2.75) is 20.3 Å². The van der Waals surface area contributed by atoms with Gasteiger partial charge in [0.15, 0.2) is 5.39 Å². The minimum absolute atomic E-state index is 0.0927. The average Bonchev–Trinajstić information content (AvgIpc) is 2.78. The number of esters is 1. The Balaban J connectivity index is 2.72. The number of aryl methyl sites for hydroxylation is 1. The molecule has 0 aliphatic carbocycles. The molecule has 0 amide bonds. The largest absolute Gasteiger partial charge is 0.460 e. The average molecular weight is 297 g/mol. The Labute approximate surface area is 116 Å². The predicted octanol–water partition coefficient (Wildman–Crippen LogP) is 1.63. The highest BCUT2D eigenvalue weighted by Gasteiger charge is 2.26. The molecule has 20 heavy (non-hydrogen) atoms. The summed E-state index contributed by atoms with van der Waals surface area (Å²) < 4.78 is 4.74. The maximum atomic E-state index is 12.0. The molecular formula is C11H11N3O5S. The fourth-order valence-corrected chi connectivity index (χ4v) is 2.85. The molecule has 2 aromatic heterocycles. The zero-order chi connectivity index (χ0) is 14.9. The Bertz CT molecular complexity index is 748. The van der Waals surface area contributed by atoms with Crippen LogP contribution in [0.15, 0.2) is 4.79 Å². The van der Waals surface area contributed by atoms with Gasteiger partial charge in [0.1, 0.15) is 4.83 Å². The Hall–Kier alpha value is -2.29. The van der Waals surface area contributed by atoms with Crippen LogP contribution in [0.1, 0.15) is 29.3 Å². The van der Waals surface area contributed by atoms with Crippen molar-refractivity contribution in [3.8, 4) is 0 Å². The molecule has 0 spiro atoms. The van der Waals surface area contributed by atoms with E-state index < -0.39 is 16.5 Å². The van der Waals surface area contributed by atoms with Crippen molar-refractivity contribution in [3.63, 3.8) is 0 Å². The van der Waals surface area contributed by atoms with E-state index in [1.165, 1.54) is 0 Å².